The summed E-state index contributed by atoms with van der Waals surface area (Å²) in [5.74, 6) is 1.17. The van der Waals surface area contributed by atoms with E-state index in [-0.39, 0.29) is 11.8 Å². The predicted molar refractivity (Wildman–Crippen MR) is 106 cm³/mol. The highest BCUT2D eigenvalue weighted by Gasteiger charge is 2.29. The van der Waals surface area contributed by atoms with E-state index in [9.17, 15) is 4.79 Å². The van der Waals surface area contributed by atoms with Crippen molar-refractivity contribution in [3.05, 3.63) is 78.5 Å². The summed E-state index contributed by atoms with van der Waals surface area (Å²) in [7, 11) is 0. The van der Waals surface area contributed by atoms with E-state index in [0.29, 0.717) is 17.9 Å². The van der Waals surface area contributed by atoms with Crippen LogP contribution in [0.15, 0.2) is 61.4 Å². The van der Waals surface area contributed by atoms with Crippen molar-refractivity contribution in [1.29, 1.82) is 0 Å². The molecule has 1 fully saturated rings. The largest absolute Gasteiger partial charge is 0.337 e. The van der Waals surface area contributed by atoms with Crippen LogP contribution in [0.3, 0.4) is 0 Å². The number of hydrogen-bond acceptors (Lipinski definition) is 5. The first-order valence-corrected chi connectivity index (χ1v) is 9.77. The van der Waals surface area contributed by atoms with Gasteiger partial charge in [0.25, 0.3) is 5.91 Å². The Bertz CT molecular complexity index is 1100. The van der Waals surface area contributed by atoms with E-state index in [2.05, 4.69) is 30.7 Å². The van der Waals surface area contributed by atoms with Gasteiger partial charge in [-0.05, 0) is 30.5 Å². The first-order chi connectivity index (χ1) is 14.3. The lowest BCUT2D eigenvalue weighted by molar-refractivity contribution is 0.0697. The standard InChI is InChI=1S/C21H21N7O/c29-21(18-12-19-23-7-3-10-28(19)25-18)27-9-2-5-17(15-27)20-24-8-11-26(20)14-16-4-1-6-22-13-16/h1,3-4,6-8,10-13,17H,2,5,9,14-15H2/t17-/m1/s1. The number of aromatic nitrogens is 6. The number of carbonyl (C=O) groups excluding carboxylic acids is 1. The Kier molecular flexibility index (Phi) is 4.51. The third-order valence-electron chi connectivity index (χ3n) is 5.35. The van der Waals surface area contributed by atoms with Gasteiger partial charge in [0, 0.05) is 62.3 Å². The minimum absolute atomic E-state index is 0.0504. The molecule has 8 heteroatoms. The van der Waals surface area contributed by atoms with Crippen molar-refractivity contribution >= 4 is 11.6 Å². The van der Waals surface area contributed by atoms with Gasteiger partial charge in [0.2, 0.25) is 0 Å². The number of nitrogens with zero attached hydrogens (tertiary/aromatic N) is 7. The lowest BCUT2D eigenvalue weighted by Crippen LogP contribution is -2.40. The molecule has 1 aliphatic rings. The van der Waals surface area contributed by atoms with Crippen LogP contribution in [-0.2, 0) is 6.54 Å². The first kappa shape index (κ1) is 17.5. The molecule has 0 aliphatic carbocycles. The Morgan fingerprint density at radius 1 is 1.14 bits per heavy atom. The third kappa shape index (κ3) is 3.49. The van der Waals surface area contributed by atoms with Crippen molar-refractivity contribution < 1.29 is 4.79 Å². The molecule has 5 heterocycles. The Morgan fingerprint density at radius 3 is 2.97 bits per heavy atom. The highest BCUT2D eigenvalue weighted by atomic mass is 16.2. The van der Waals surface area contributed by atoms with Crippen molar-refractivity contribution in [3.63, 3.8) is 0 Å². The lowest BCUT2D eigenvalue weighted by atomic mass is 9.96. The molecule has 0 bridgehead atoms. The summed E-state index contributed by atoms with van der Waals surface area (Å²) in [5.41, 5.74) is 2.24. The monoisotopic (exact) mass is 387 g/mol. The molecule has 0 unspecified atom stereocenters. The van der Waals surface area contributed by atoms with Crippen LogP contribution in [0.5, 0.6) is 0 Å². The second-order valence-corrected chi connectivity index (χ2v) is 7.32. The number of amides is 1. The molecule has 8 nitrogen and oxygen atoms in total. The summed E-state index contributed by atoms with van der Waals surface area (Å²) < 4.78 is 3.79. The fraction of sp³-hybridized carbons (Fsp3) is 0.286. The molecule has 0 spiro atoms. The number of fused-ring (bicyclic) bond motifs is 1. The van der Waals surface area contributed by atoms with Crippen LogP contribution in [0, 0.1) is 0 Å². The van der Waals surface area contributed by atoms with E-state index in [0.717, 1.165) is 37.3 Å². The van der Waals surface area contributed by atoms with E-state index in [1.54, 1.807) is 35.2 Å². The molecule has 146 valence electrons. The summed E-state index contributed by atoms with van der Waals surface area (Å²) in [5, 5.41) is 4.38. The molecule has 0 aromatic carbocycles. The van der Waals surface area contributed by atoms with Crippen LogP contribution in [0.25, 0.3) is 5.65 Å². The van der Waals surface area contributed by atoms with E-state index in [1.807, 2.05) is 29.6 Å². The average Bonchev–Trinajstić information content (AvgIpc) is 3.41. The second kappa shape index (κ2) is 7.46. The lowest BCUT2D eigenvalue weighted by Gasteiger charge is -2.32. The molecule has 1 aliphatic heterocycles. The molecule has 0 N–H and O–H groups in total. The van der Waals surface area contributed by atoms with Crippen LogP contribution >= 0.6 is 0 Å². The molecular weight excluding hydrogens is 366 g/mol. The quantitative estimate of drug-likeness (QED) is 0.537. The summed E-state index contributed by atoms with van der Waals surface area (Å²) in [6.45, 7) is 2.11. The summed E-state index contributed by atoms with van der Waals surface area (Å²) >= 11 is 0. The number of rotatable bonds is 4. The summed E-state index contributed by atoms with van der Waals surface area (Å²) in [4.78, 5) is 28.0. The summed E-state index contributed by atoms with van der Waals surface area (Å²) in [6, 6.07) is 7.55. The van der Waals surface area contributed by atoms with E-state index in [4.69, 9.17) is 0 Å². The van der Waals surface area contributed by atoms with Crippen molar-refractivity contribution in [2.24, 2.45) is 0 Å². The number of imidazole rings is 1. The fourth-order valence-electron chi connectivity index (χ4n) is 3.97. The molecule has 1 saturated heterocycles. The maximum absolute atomic E-state index is 13.0. The Balaban J connectivity index is 1.34. The number of likely N-dealkylation sites (tertiary alicyclic amines) is 1. The number of pyridine rings is 1. The fourth-order valence-corrected chi connectivity index (χ4v) is 3.97. The van der Waals surface area contributed by atoms with Gasteiger partial charge in [-0.25, -0.2) is 14.5 Å². The van der Waals surface area contributed by atoms with Crippen LogP contribution < -0.4 is 0 Å². The van der Waals surface area contributed by atoms with Gasteiger partial charge in [-0.1, -0.05) is 6.07 Å². The molecule has 0 radical (unpaired) electrons. The molecular formula is C21H21N7O. The summed E-state index contributed by atoms with van der Waals surface area (Å²) in [6.07, 6.45) is 12.9. The van der Waals surface area contributed by atoms with Gasteiger partial charge < -0.3 is 9.47 Å². The smallest absolute Gasteiger partial charge is 0.274 e. The Labute approximate surface area is 167 Å². The van der Waals surface area contributed by atoms with Crippen molar-refractivity contribution in [2.45, 2.75) is 25.3 Å². The molecule has 29 heavy (non-hydrogen) atoms. The van der Waals surface area contributed by atoms with Crippen LogP contribution in [0.2, 0.25) is 0 Å². The molecule has 0 saturated carbocycles. The minimum Gasteiger partial charge on any atom is -0.337 e. The van der Waals surface area contributed by atoms with Crippen LogP contribution in [0.1, 0.15) is 40.6 Å². The third-order valence-corrected chi connectivity index (χ3v) is 5.35. The number of piperidine rings is 1. The number of hydrogen-bond donors (Lipinski definition) is 0. The maximum Gasteiger partial charge on any atom is 0.274 e. The second-order valence-electron chi connectivity index (χ2n) is 7.32. The van der Waals surface area contributed by atoms with Gasteiger partial charge in [0.1, 0.15) is 5.82 Å². The number of carbonyl (C=O) groups is 1. The van der Waals surface area contributed by atoms with Crippen molar-refractivity contribution in [3.8, 4) is 0 Å². The zero-order valence-electron chi connectivity index (χ0n) is 15.9. The minimum atomic E-state index is -0.0504. The highest BCUT2D eigenvalue weighted by Crippen LogP contribution is 2.27. The van der Waals surface area contributed by atoms with Crippen LogP contribution in [-0.4, -0.2) is 53.0 Å². The van der Waals surface area contributed by atoms with E-state index >= 15 is 0 Å². The van der Waals surface area contributed by atoms with Gasteiger partial charge in [-0.2, -0.15) is 5.10 Å². The van der Waals surface area contributed by atoms with E-state index < -0.39 is 0 Å². The Hall–Kier alpha value is -3.55. The topological polar surface area (TPSA) is 81.2 Å². The molecule has 5 rings (SSSR count). The van der Waals surface area contributed by atoms with Gasteiger partial charge in [-0.15, -0.1) is 0 Å². The van der Waals surface area contributed by atoms with Crippen molar-refractivity contribution in [1.82, 2.24) is 34.0 Å². The normalized spacial score (nSPS) is 17.0. The highest BCUT2D eigenvalue weighted by molar-refractivity contribution is 5.93. The van der Waals surface area contributed by atoms with Gasteiger partial charge in [-0.3, -0.25) is 9.78 Å². The molecule has 1 atom stereocenters. The van der Waals surface area contributed by atoms with E-state index in [1.165, 1.54) is 0 Å². The van der Waals surface area contributed by atoms with Gasteiger partial charge in [0.05, 0.1) is 6.54 Å². The van der Waals surface area contributed by atoms with Gasteiger partial charge >= 0.3 is 0 Å². The average molecular weight is 387 g/mol. The zero-order valence-corrected chi connectivity index (χ0v) is 15.9. The van der Waals surface area contributed by atoms with Crippen molar-refractivity contribution in [2.75, 3.05) is 13.1 Å². The van der Waals surface area contributed by atoms with Crippen LogP contribution in [0.4, 0.5) is 0 Å². The first-order valence-electron chi connectivity index (χ1n) is 9.77. The molecule has 1 amide bonds. The Morgan fingerprint density at radius 2 is 2.10 bits per heavy atom. The zero-order chi connectivity index (χ0) is 19.6. The predicted octanol–water partition coefficient (Wildman–Crippen LogP) is 2.39. The SMILES string of the molecule is O=C(c1cc2ncccn2n1)N1CCC[C@@H](c2nccn2Cc2cccnc2)C1. The molecule has 4 aromatic heterocycles. The maximum atomic E-state index is 13.0. The molecule has 4 aromatic rings. The van der Waals surface area contributed by atoms with Gasteiger partial charge in [0.15, 0.2) is 11.3 Å².